The van der Waals surface area contributed by atoms with Gasteiger partial charge in [0.2, 0.25) is 0 Å². The number of carbonyl (C=O) groups is 2. The predicted molar refractivity (Wildman–Crippen MR) is 132 cm³/mol. The van der Waals surface area contributed by atoms with Crippen molar-refractivity contribution in [3.8, 4) is 23.7 Å². The summed E-state index contributed by atoms with van der Waals surface area (Å²) in [6, 6.07) is 17.5. The molecule has 0 unspecified atom stereocenters. The Balaban J connectivity index is 1.75. The molecule has 0 spiro atoms. The molecule has 3 rings (SSSR count). The fourth-order valence-corrected chi connectivity index (χ4v) is 4.83. The van der Waals surface area contributed by atoms with Crippen molar-refractivity contribution < 1.29 is 9.59 Å². The highest BCUT2D eigenvalue weighted by atomic mass is 32.2. The van der Waals surface area contributed by atoms with Crippen molar-refractivity contribution in [2.75, 3.05) is 0 Å². The van der Waals surface area contributed by atoms with E-state index in [0.717, 1.165) is 37.1 Å². The average molecular weight is 461 g/mol. The molecular formula is C26H20O2S3. The fourth-order valence-electron chi connectivity index (χ4n) is 2.67. The highest BCUT2D eigenvalue weighted by Gasteiger charge is 2.04. The van der Waals surface area contributed by atoms with Crippen LogP contribution < -0.4 is 0 Å². The Hall–Kier alpha value is -2.70. The summed E-state index contributed by atoms with van der Waals surface area (Å²) in [5.74, 6) is 12.9. The molecule has 1 aromatic heterocycles. The first-order valence-electron chi connectivity index (χ1n) is 9.66. The molecule has 31 heavy (non-hydrogen) atoms. The van der Waals surface area contributed by atoms with E-state index in [1.54, 1.807) is 25.2 Å². The molecule has 2 nitrogen and oxygen atoms in total. The number of thiophene rings is 1. The average Bonchev–Trinajstić information content (AvgIpc) is 3.14. The molecule has 0 amide bonds. The standard InChI is InChI=1S/C26H20O2S3/c1-4-22-17-25(15-9-20-5-11-23(12-6-20)29-18(2)27)31-26(22)16-10-21-7-13-24(14-8-21)30-19(3)28/h5-8,11-14,17H,4H2,1-3H3. The highest BCUT2D eigenvalue weighted by Crippen LogP contribution is 2.23. The maximum absolute atomic E-state index is 11.2. The molecule has 0 N–H and O–H groups in total. The van der Waals surface area contributed by atoms with Gasteiger partial charge in [-0.3, -0.25) is 9.59 Å². The van der Waals surface area contributed by atoms with E-state index in [4.69, 9.17) is 0 Å². The van der Waals surface area contributed by atoms with Crippen LogP contribution in [0.2, 0.25) is 0 Å². The van der Waals surface area contributed by atoms with Crippen LogP contribution in [0, 0.1) is 23.7 Å². The summed E-state index contributed by atoms with van der Waals surface area (Å²) in [5.41, 5.74) is 3.02. The van der Waals surface area contributed by atoms with Gasteiger partial charge in [0.05, 0.1) is 9.75 Å². The minimum atomic E-state index is 0.0732. The largest absolute Gasteiger partial charge is 0.287 e. The maximum Gasteiger partial charge on any atom is 0.190 e. The van der Waals surface area contributed by atoms with E-state index in [1.807, 2.05) is 48.5 Å². The Morgan fingerprint density at radius 1 is 0.774 bits per heavy atom. The molecule has 0 saturated carbocycles. The van der Waals surface area contributed by atoms with E-state index in [0.29, 0.717) is 0 Å². The molecule has 0 radical (unpaired) electrons. The first-order valence-corrected chi connectivity index (χ1v) is 12.1. The lowest BCUT2D eigenvalue weighted by atomic mass is 10.1. The van der Waals surface area contributed by atoms with E-state index in [-0.39, 0.29) is 10.2 Å². The molecule has 2 aromatic carbocycles. The van der Waals surface area contributed by atoms with Crippen LogP contribution in [0.5, 0.6) is 0 Å². The lowest BCUT2D eigenvalue weighted by molar-refractivity contribution is -0.109. The number of hydrogen-bond acceptors (Lipinski definition) is 5. The topological polar surface area (TPSA) is 34.1 Å². The van der Waals surface area contributed by atoms with Gasteiger partial charge >= 0.3 is 0 Å². The molecule has 0 aliphatic carbocycles. The summed E-state index contributed by atoms with van der Waals surface area (Å²) in [6.45, 7) is 5.23. The van der Waals surface area contributed by atoms with Gasteiger partial charge in [-0.2, -0.15) is 0 Å². The van der Waals surface area contributed by atoms with Gasteiger partial charge in [-0.1, -0.05) is 54.1 Å². The van der Waals surface area contributed by atoms with Crippen molar-refractivity contribution in [3.05, 3.63) is 81.0 Å². The fraction of sp³-hybridized carbons (Fsp3) is 0.154. The van der Waals surface area contributed by atoms with Crippen LogP contribution in [0.3, 0.4) is 0 Å². The summed E-state index contributed by atoms with van der Waals surface area (Å²) in [4.78, 5) is 26.2. The van der Waals surface area contributed by atoms with Crippen LogP contribution in [0.1, 0.15) is 47.2 Å². The smallest absolute Gasteiger partial charge is 0.190 e. The minimum absolute atomic E-state index is 0.0732. The summed E-state index contributed by atoms with van der Waals surface area (Å²) >= 11 is 4.04. The number of carbonyl (C=O) groups excluding carboxylic acids is 2. The summed E-state index contributed by atoms with van der Waals surface area (Å²) < 4.78 is 0. The molecule has 0 aliphatic rings. The van der Waals surface area contributed by atoms with Crippen LogP contribution >= 0.6 is 34.9 Å². The van der Waals surface area contributed by atoms with Gasteiger partial charge < -0.3 is 0 Å². The number of benzene rings is 2. The molecule has 0 aliphatic heterocycles. The second kappa shape index (κ2) is 11.1. The number of hydrogen-bond donors (Lipinski definition) is 0. The van der Waals surface area contributed by atoms with Crippen molar-refractivity contribution in [2.24, 2.45) is 0 Å². The van der Waals surface area contributed by atoms with Crippen LogP contribution in [0.4, 0.5) is 0 Å². The summed E-state index contributed by atoms with van der Waals surface area (Å²) in [6.07, 6.45) is 0.896. The maximum atomic E-state index is 11.2. The van der Waals surface area contributed by atoms with Crippen LogP contribution in [0.15, 0.2) is 64.4 Å². The summed E-state index contributed by atoms with van der Waals surface area (Å²) in [5, 5.41) is 0.147. The molecule has 5 heteroatoms. The lowest BCUT2D eigenvalue weighted by Gasteiger charge is -1.96. The Kier molecular flexibility index (Phi) is 8.20. The molecular weight excluding hydrogens is 440 g/mol. The van der Waals surface area contributed by atoms with Gasteiger partial charge in [-0.25, -0.2) is 0 Å². The van der Waals surface area contributed by atoms with Gasteiger partial charge in [0.25, 0.3) is 0 Å². The molecule has 154 valence electrons. The number of rotatable bonds is 3. The van der Waals surface area contributed by atoms with Crippen LogP contribution in [0.25, 0.3) is 0 Å². The first-order chi connectivity index (χ1) is 14.9. The second-order valence-electron chi connectivity index (χ2n) is 6.55. The third kappa shape index (κ3) is 7.19. The number of aryl methyl sites for hydroxylation is 1. The molecule has 0 fully saturated rings. The Morgan fingerprint density at radius 3 is 1.71 bits per heavy atom. The third-order valence-electron chi connectivity index (χ3n) is 4.07. The van der Waals surface area contributed by atoms with Crippen molar-refractivity contribution in [2.45, 2.75) is 37.0 Å². The van der Waals surface area contributed by atoms with Crippen molar-refractivity contribution >= 4 is 45.1 Å². The van der Waals surface area contributed by atoms with Crippen LogP contribution in [-0.2, 0) is 16.0 Å². The summed E-state index contributed by atoms with van der Waals surface area (Å²) in [7, 11) is 0. The predicted octanol–water partition coefficient (Wildman–Crippen LogP) is 6.39. The van der Waals surface area contributed by atoms with E-state index >= 15 is 0 Å². The zero-order valence-electron chi connectivity index (χ0n) is 17.4. The Morgan fingerprint density at radius 2 is 1.26 bits per heavy atom. The van der Waals surface area contributed by atoms with Gasteiger partial charge in [0.1, 0.15) is 0 Å². The number of thioether (sulfide) groups is 2. The lowest BCUT2D eigenvalue weighted by Crippen LogP contribution is -1.82. The minimum Gasteiger partial charge on any atom is -0.287 e. The quantitative estimate of drug-likeness (QED) is 0.335. The van der Waals surface area contributed by atoms with E-state index in [2.05, 4.69) is 36.7 Å². The molecule has 1 heterocycles. The van der Waals surface area contributed by atoms with E-state index in [1.165, 1.54) is 29.1 Å². The van der Waals surface area contributed by atoms with Gasteiger partial charge in [0.15, 0.2) is 10.2 Å². The second-order valence-corrected chi connectivity index (χ2v) is 10.1. The first kappa shape index (κ1) is 23.0. The van der Waals surface area contributed by atoms with Gasteiger partial charge in [0, 0.05) is 34.8 Å². The zero-order valence-corrected chi connectivity index (χ0v) is 19.9. The Bertz CT molecular complexity index is 1210. The third-order valence-corrected chi connectivity index (χ3v) is 6.67. The molecule has 0 saturated heterocycles. The van der Waals surface area contributed by atoms with Crippen molar-refractivity contribution in [3.63, 3.8) is 0 Å². The van der Waals surface area contributed by atoms with Crippen LogP contribution in [-0.4, -0.2) is 10.2 Å². The normalized spacial score (nSPS) is 9.90. The van der Waals surface area contributed by atoms with Gasteiger partial charge in [-0.15, -0.1) is 11.3 Å². The zero-order chi connectivity index (χ0) is 22.2. The Labute approximate surface area is 195 Å². The highest BCUT2D eigenvalue weighted by molar-refractivity contribution is 8.13. The molecule has 0 atom stereocenters. The SMILES string of the molecule is CCc1cc(C#Cc2ccc(SC(C)=O)cc2)sc1C#Cc1ccc(SC(C)=O)cc1. The van der Waals surface area contributed by atoms with E-state index < -0.39 is 0 Å². The molecule has 0 bridgehead atoms. The molecule has 3 aromatic rings. The monoisotopic (exact) mass is 460 g/mol. The van der Waals surface area contributed by atoms with Crippen molar-refractivity contribution in [1.29, 1.82) is 0 Å². The van der Waals surface area contributed by atoms with Crippen molar-refractivity contribution in [1.82, 2.24) is 0 Å². The van der Waals surface area contributed by atoms with Gasteiger partial charge in [-0.05, 0) is 66.6 Å². The van der Waals surface area contributed by atoms with E-state index in [9.17, 15) is 9.59 Å².